The minimum atomic E-state index is -0.114. The second-order valence-electron chi connectivity index (χ2n) is 4.96. The molecule has 18 heavy (non-hydrogen) atoms. The molecule has 2 rings (SSSR count). The van der Waals surface area contributed by atoms with Crippen LogP contribution < -0.4 is 21.3 Å². The molecule has 0 aromatic heterocycles. The monoisotopic (exact) mass is 272 g/mol. The Morgan fingerprint density at radius 2 is 2.28 bits per heavy atom. The molecule has 3 atom stereocenters. The molecular weight excluding hydrogens is 252 g/mol. The second kappa shape index (κ2) is 5.79. The second-order valence-corrected chi connectivity index (χ2v) is 6.23. The van der Waals surface area contributed by atoms with Gasteiger partial charge in [0.15, 0.2) is 0 Å². The van der Waals surface area contributed by atoms with Crippen molar-refractivity contribution < 1.29 is 9.59 Å². The molecule has 2 aliphatic heterocycles. The van der Waals surface area contributed by atoms with Gasteiger partial charge in [0, 0.05) is 23.5 Å². The zero-order valence-corrected chi connectivity index (χ0v) is 11.5. The molecule has 2 fully saturated rings. The van der Waals surface area contributed by atoms with E-state index in [9.17, 15) is 9.59 Å². The number of nitrogens with one attached hydrogen (secondary N) is 4. The molecule has 2 heterocycles. The van der Waals surface area contributed by atoms with Crippen molar-refractivity contribution in [1.82, 2.24) is 21.3 Å². The van der Waals surface area contributed by atoms with Crippen LogP contribution in [0.2, 0.25) is 0 Å². The molecule has 0 spiro atoms. The number of thioether (sulfide) groups is 1. The van der Waals surface area contributed by atoms with E-state index in [2.05, 4.69) is 21.3 Å². The Balaban J connectivity index is 1.73. The number of rotatable bonds is 5. The van der Waals surface area contributed by atoms with Crippen LogP contribution in [0.1, 0.15) is 20.3 Å². The van der Waals surface area contributed by atoms with Crippen LogP contribution in [0.4, 0.5) is 4.79 Å². The maximum Gasteiger partial charge on any atom is 0.315 e. The third kappa shape index (κ3) is 3.29. The van der Waals surface area contributed by atoms with Gasteiger partial charge >= 0.3 is 6.03 Å². The Morgan fingerprint density at radius 3 is 3.00 bits per heavy atom. The van der Waals surface area contributed by atoms with Crippen molar-refractivity contribution in [2.75, 3.05) is 12.4 Å². The maximum atomic E-state index is 11.8. The Kier molecular flexibility index (Phi) is 4.34. The smallest absolute Gasteiger partial charge is 0.315 e. The van der Waals surface area contributed by atoms with Crippen LogP contribution in [0.3, 0.4) is 0 Å². The van der Waals surface area contributed by atoms with Gasteiger partial charge in [0.05, 0.1) is 18.8 Å². The predicted octanol–water partition coefficient (Wildman–Crippen LogP) is -0.386. The number of fused-ring (bicyclic) bond motifs is 1. The lowest BCUT2D eigenvalue weighted by molar-refractivity contribution is -0.121. The number of urea groups is 1. The highest BCUT2D eigenvalue weighted by molar-refractivity contribution is 8.00. The Hall–Kier alpha value is -0.950. The number of hydrogen-bond donors (Lipinski definition) is 4. The zero-order valence-electron chi connectivity index (χ0n) is 10.7. The van der Waals surface area contributed by atoms with Crippen molar-refractivity contribution in [3.05, 3.63) is 0 Å². The van der Waals surface area contributed by atoms with E-state index in [1.165, 1.54) is 0 Å². The van der Waals surface area contributed by atoms with Gasteiger partial charge in [0.1, 0.15) is 0 Å². The lowest BCUT2D eigenvalue weighted by atomic mass is 10.1. The van der Waals surface area contributed by atoms with Gasteiger partial charge in [-0.3, -0.25) is 10.1 Å². The van der Waals surface area contributed by atoms with Crippen molar-refractivity contribution in [2.45, 2.75) is 43.6 Å². The van der Waals surface area contributed by atoms with Crippen molar-refractivity contribution >= 4 is 23.7 Å². The van der Waals surface area contributed by atoms with Crippen LogP contribution in [-0.2, 0) is 4.79 Å². The highest BCUT2D eigenvalue weighted by atomic mass is 32.2. The minimum Gasteiger partial charge on any atom is -0.344 e. The SMILES string of the molecule is CC(C)NCNC(=O)C[C@@H]1SCC2NC(=O)NC21. The van der Waals surface area contributed by atoms with E-state index in [0.29, 0.717) is 19.1 Å². The molecule has 102 valence electrons. The third-order valence-electron chi connectivity index (χ3n) is 3.12. The van der Waals surface area contributed by atoms with Crippen molar-refractivity contribution in [1.29, 1.82) is 0 Å². The molecule has 3 amide bonds. The molecule has 0 bridgehead atoms. The van der Waals surface area contributed by atoms with E-state index >= 15 is 0 Å². The highest BCUT2D eigenvalue weighted by Gasteiger charge is 2.43. The Bertz CT molecular complexity index is 337. The van der Waals surface area contributed by atoms with Gasteiger partial charge in [0.2, 0.25) is 5.91 Å². The average molecular weight is 272 g/mol. The summed E-state index contributed by atoms with van der Waals surface area (Å²) in [6.45, 7) is 4.55. The molecule has 6 nitrogen and oxygen atoms in total. The molecule has 4 N–H and O–H groups in total. The summed E-state index contributed by atoms with van der Waals surface area (Å²) in [5.41, 5.74) is 0. The summed E-state index contributed by atoms with van der Waals surface area (Å²) in [6, 6.07) is 0.506. The molecule has 0 aliphatic carbocycles. The van der Waals surface area contributed by atoms with Crippen molar-refractivity contribution in [2.24, 2.45) is 0 Å². The van der Waals surface area contributed by atoms with Gasteiger partial charge in [-0.25, -0.2) is 4.79 Å². The van der Waals surface area contributed by atoms with Crippen LogP contribution in [0.5, 0.6) is 0 Å². The predicted molar refractivity (Wildman–Crippen MR) is 71.4 cm³/mol. The molecule has 2 aliphatic rings. The molecule has 0 saturated carbocycles. The first kappa shape index (κ1) is 13.5. The van der Waals surface area contributed by atoms with Crippen LogP contribution in [0.15, 0.2) is 0 Å². The van der Waals surface area contributed by atoms with Gasteiger partial charge in [0.25, 0.3) is 0 Å². The van der Waals surface area contributed by atoms with E-state index in [1.54, 1.807) is 11.8 Å². The topological polar surface area (TPSA) is 82.3 Å². The zero-order chi connectivity index (χ0) is 13.1. The summed E-state index contributed by atoms with van der Waals surface area (Å²) >= 11 is 1.75. The lowest BCUT2D eigenvalue weighted by Crippen LogP contribution is -2.42. The summed E-state index contributed by atoms with van der Waals surface area (Å²) in [5, 5.41) is 11.9. The molecule has 2 unspecified atom stereocenters. The summed E-state index contributed by atoms with van der Waals surface area (Å²) in [5.74, 6) is 0.911. The fourth-order valence-corrected chi connectivity index (χ4v) is 3.65. The molecular formula is C11H20N4O2S. The van der Waals surface area contributed by atoms with Crippen molar-refractivity contribution in [3.63, 3.8) is 0 Å². The van der Waals surface area contributed by atoms with Crippen molar-refractivity contribution in [3.8, 4) is 0 Å². The van der Waals surface area contributed by atoms with E-state index in [1.807, 2.05) is 13.8 Å². The van der Waals surface area contributed by atoms with Gasteiger partial charge in [-0.2, -0.15) is 11.8 Å². The lowest BCUT2D eigenvalue weighted by Gasteiger charge is -2.16. The summed E-state index contributed by atoms with van der Waals surface area (Å²) in [4.78, 5) is 22.9. The largest absolute Gasteiger partial charge is 0.344 e. The Morgan fingerprint density at radius 1 is 1.50 bits per heavy atom. The molecule has 0 aromatic carbocycles. The fourth-order valence-electron chi connectivity index (χ4n) is 2.17. The molecule has 0 radical (unpaired) electrons. The number of hydrogen-bond acceptors (Lipinski definition) is 4. The van der Waals surface area contributed by atoms with Crippen LogP contribution in [-0.4, -0.2) is 47.7 Å². The van der Waals surface area contributed by atoms with Gasteiger partial charge in [-0.15, -0.1) is 0 Å². The van der Waals surface area contributed by atoms with Crippen LogP contribution >= 0.6 is 11.8 Å². The maximum absolute atomic E-state index is 11.8. The van der Waals surface area contributed by atoms with E-state index in [0.717, 1.165) is 5.75 Å². The Labute approximate surface area is 111 Å². The van der Waals surface area contributed by atoms with Gasteiger partial charge in [-0.1, -0.05) is 0 Å². The van der Waals surface area contributed by atoms with E-state index < -0.39 is 0 Å². The fraction of sp³-hybridized carbons (Fsp3) is 0.818. The first-order chi connectivity index (χ1) is 8.56. The minimum absolute atomic E-state index is 0.0300. The van der Waals surface area contributed by atoms with Gasteiger partial charge in [-0.05, 0) is 13.8 Å². The molecule has 0 aromatic rings. The van der Waals surface area contributed by atoms with Crippen LogP contribution in [0.25, 0.3) is 0 Å². The number of carbonyl (C=O) groups is 2. The first-order valence-electron chi connectivity index (χ1n) is 6.25. The highest BCUT2D eigenvalue weighted by Crippen LogP contribution is 2.31. The standard InChI is InChI=1S/C11H20N4O2S/c1-6(2)12-5-13-9(16)3-8-10-7(4-18-8)14-11(17)15-10/h6-8,10,12H,3-5H2,1-2H3,(H,13,16)(H2,14,15,17)/t7?,8-,10?/m0/s1. The number of carbonyl (C=O) groups excluding carboxylic acids is 2. The van der Waals surface area contributed by atoms with Crippen LogP contribution in [0, 0.1) is 0 Å². The number of amides is 3. The van der Waals surface area contributed by atoms with E-state index in [-0.39, 0.29) is 29.3 Å². The summed E-state index contributed by atoms with van der Waals surface area (Å²) < 4.78 is 0. The summed E-state index contributed by atoms with van der Waals surface area (Å²) in [7, 11) is 0. The summed E-state index contributed by atoms with van der Waals surface area (Å²) in [6.07, 6.45) is 0.452. The molecule has 7 heteroatoms. The third-order valence-corrected chi connectivity index (χ3v) is 4.56. The normalized spacial score (nSPS) is 29.9. The van der Waals surface area contributed by atoms with E-state index in [4.69, 9.17) is 0 Å². The quantitative estimate of drug-likeness (QED) is 0.406. The molecule has 2 saturated heterocycles. The van der Waals surface area contributed by atoms with Gasteiger partial charge < -0.3 is 16.0 Å². The average Bonchev–Trinajstić information content (AvgIpc) is 2.79. The first-order valence-corrected chi connectivity index (χ1v) is 7.30.